The van der Waals surface area contributed by atoms with Gasteiger partial charge in [-0.1, -0.05) is 306 Å². The van der Waals surface area contributed by atoms with Crippen molar-refractivity contribution in [2.75, 3.05) is 13.2 Å². The number of carbonyl (C=O) groups is 2. The summed E-state index contributed by atoms with van der Waals surface area (Å²) >= 11 is 0. The Morgan fingerprint density at radius 2 is 0.867 bits per heavy atom. The van der Waals surface area contributed by atoms with Gasteiger partial charge in [0, 0.05) is 6.42 Å². The second-order valence-corrected chi connectivity index (χ2v) is 23.9. The second-order valence-electron chi connectivity index (χ2n) is 23.9. The van der Waals surface area contributed by atoms with E-state index < -0.39 is 67.4 Å². The summed E-state index contributed by atoms with van der Waals surface area (Å²) in [5.74, 6) is -1.22. The van der Waals surface area contributed by atoms with E-state index in [0.717, 1.165) is 89.9 Å². The van der Waals surface area contributed by atoms with E-state index in [1.807, 2.05) is 6.08 Å². The SMILES string of the molecule is CC/C=C\C/C=C\C/C=C\C/C=C\C/C=C\CCCCCC(=O)OC1C(OCC(NC(=O)C(O)CCCCCCCCCCCCCCCCCCCCCCCCCC)C(O)/C=C/CCCCCCCCCCC)OC(CO)C(O)C1O. The van der Waals surface area contributed by atoms with Crippen LogP contribution in [0.1, 0.15) is 310 Å². The predicted octanol–water partition coefficient (Wildman–Crippen LogP) is 17.5. The van der Waals surface area contributed by atoms with E-state index in [2.05, 4.69) is 86.8 Å². The lowest BCUT2D eigenvalue weighted by molar-refractivity contribution is -0.305. The van der Waals surface area contributed by atoms with Crippen LogP contribution in [-0.2, 0) is 23.8 Å². The van der Waals surface area contributed by atoms with Gasteiger partial charge in [-0.05, 0) is 70.6 Å². The highest BCUT2D eigenvalue weighted by Gasteiger charge is 2.47. The van der Waals surface area contributed by atoms with Crippen LogP contribution in [0, 0.1) is 0 Å². The Balaban J connectivity index is 2.58. The van der Waals surface area contributed by atoms with Crippen LogP contribution in [0.4, 0.5) is 0 Å². The van der Waals surface area contributed by atoms with Gasteiger partial charge >= 0.3 is 5.97 Å². The van der Waals surface area contributed by atoms with Crippen LogP contribution in [0.5, 0.6) is 0 Å². The van der Waals surface area contributed by atoms with Crippen LogP contribution >= 0.6 is 0 Å². The lowest BCUT2D eigenvalue weighted by atomic mass is 9.99. The van der Waals surface area contributed by atoms with Gasteiger partial charge < -0.3 is 45.1 Å². The number of hydrogen-bond acceptors (Lipinski definition) is 10. The van der Waals surface area contributed by atoms with Crippen molar-refractivity contribution >= 4 is 11.9 Å². The van der Waals surface area contributed by atoms with Crippen molar-refractivity contribution < 1.29 is 49.3 Å². The minimum absolute atomic E-state index is 0.0831. The zero-order valence-corrected chi connectivity index (χ0v) is 53.6. The summed E-state index contributed by atoms with van der Waals surface area (Å²) in [6.45, 7) is 5.68. The molecule has 11 heteroatoms. The molecule has 0 aromatic rings. The summed E-state index contributed by atoms with van der Waals surface area (Å²) in [5.41, 5.74) is 0. The van der Waals surface area contributed by atoms with E-state index in [0.29, 0.717) is 19.3 Å². The number of nitrogens with one attached hydrogen (secondary N) is 1. The molecule has 0 radical (unpaired) electrons. The van der Waals surface area contributed by atoms with Gasteiger partial charge in [-0.3, -0.25) is 9.59 Å². The zero-order chi connectivity index (χ0) is 60.3. The number of aliphatic hydroxyl groups is 5. The van der Waals surface area contributed by atoms with E-state index in [1.54, 1.807) is 6.08 Å². The fourth-order valence-corrected chi connectivity index (χ4v) is 10.7. The molecule has 1 heterocycles. The maximum Gasteiger partial charge on any atom is 0.306 e. The number of carbonyl (C=O) groups excluding carboxylic acids is 2. The molecule has 1 fully saturated rings. The molecule has 0 aliphatic carbocycles. The molecule has 482 valence electrons. The van der Waals surface area contributed by atoms with Crippen LogP contribution in [-0.4, -0.2) is 99.6 Å². The van der Waals surface area contributed by atoms with E-state index in [9.17, 15) is 35.1 Å². The molecule has 1 amide bonds. The van der Waals surface area contributed by atoms with Crippen LogP contribution in [0.15, 0.2) is 72.9 Å². The molecule has 83 heavy (non-hydrogen) atoms. The van der Waals surface area contributed by atoms with Gasteiger partial charge in [0.2, 0.25) is 5.91 Å². The quantitative estimate of drug-likeness (QED) is 0.0195. The van der Waals surface area contributed by atoms with Crippen LogP contribution < -0.4 is 5.32 Å². The molecular formula is C72H129NO10. The molecular weight excluding hydrogens is 1040 g/mol. The number of hydrogen-bond donors (Lipinski definition) is 6. The summed E-state index contributed by atoms with van der Waals surface area (Å²) in [5, 5.41) is 57.1. The molecule has 1 aliphatic rings. The van der Waals surface area contributed by atoms with Gasteiger partial charge in [0.1, 0.15) is 24.4 Å². The predicted molar refractivity (Wildman–Crippen MR) is 347 cm³/mol. The molecule has 0 saturated carbocycles. The van der Waals surface area contributed by atoms with Crippen molar-refractivity contribution in [1.82, 2.24) is 5.32 Å². The molecule has 11 nitrogen and oxygen atoms in total. The van der Waals surface area contributed by atoms with Crippen molar-refractivity contribution in [3.8, 4) is 0 Å². The maximum absolute atomic E-state index is 13.5. The molecule has 1 rings (SSSR count). The molecule has 6 N–H and O–H groups in total. The van der Waals surface area contributed by atoms with Crippen LogP contribution in [0.25, 0.3) is 0 Å². The molecule has 1 aliphatic heterocycles. The molecule has 0 bridgehead atoms. The van der Waals surface area contributed by atoms with Crippen molar-refractivity contribution in [2.24, 2.45) is 0 Å². The van der Waals surface area contributed by atoms with Gasteiger partial charge in [-0.15, -0.1) is 0 Å². The number of ether oxygens (including phenoxy) is 3. The van der Waals surface area contributed by atoms with Gasteiger partial charge in [-0.2, -0.15) is 0 Å². The number of aliphatic hydroxyl groups excluding tert-OH is 5. The van der Waals surface area contributed by atoms with Crippen LogP contribution in [0.2, 0.25) is 0 Å². The fraction of sp³-hybridized carbons (Fsp3) is 0.806. The number of amides is 1. The Bertz CT molecular complexity index is 1630. The Morgan fingerprint density at radius 1 is 0.482 bits per heavy atom. The average molecular weight is 1170 g/mol. The molecule has 0 aromatic carbocycles. The first kappa shape index (κ1) is 78.1. The van der Waals surface area contributed by atoms with Gasteiger partial charge in [0.05, 0.1) is 25.4 Å². The van der Waals surface area contributed by atoms with Gasteiger partial charge in [0.15, 0.2) is 12.4 Å². The van der Waals surface area contributed by atoms with Crippen molar-refractivity contribution in [3.63, 3.8) is 0 Å². The number of rotatable bonds is 59. The number of allylic oxidation sites excluding steroid dienone is 11. The Hall–Kier alpha value is -2.90. The first-order chi connectivity index (χ1) is 40.7. The normalized spacial score (nSPS) is 19.0. The third-order valence-electron chi connectivity index (χ3n) is 16.1. The summed E-state index contributed by atoms with van der Waals surface area (Å²) in [4.78, 5) is 26.6. The molecule has 8 atom stereocenters. The minimum atomic E-state index is -1.63. The lowest BCUT2D eigenvalue weighted by Gasteiger charge is -2.41. The van der Waals surface area contributed by atoms with Crippen molar-refractivity contribution in [1.29, 1.82) is 0 Å². The fourth-order valence-electron chi connectivity index (χ4n) is 10.7. The second kappa shape index (κ2) is 59.4. The monoisotopic (exact) mass is 1170 g/mol. The number of esters is 1. The van der Waals surface area contributed by atoms with E-state index in [1.165, 1.54) is 173 Å². The maximum atomic E-state index is 13.5. The summed E-state index contributed by atoms with van der Waals surface area (Å²) in [7, 11) is 0. The average Bonchev–Trinajstić information content (AvgIpc) is 3.69. The Morgan fingerprint density at radius 3 is 1.30 bits per heavy atom. The van der Waals surface area contributed by atoms with Gasteiger partial charge in [-0.25, -0.2) is 0 Å². The highest BCUT2D eigenvalue weighted by Crippen LogP contribution is 2.26. The van der Waals surface area contributed by atoms with Crippen LogP contribution in [0.3, 0.4) is 0 Å². The first-order valence-electron chi connectivity index (χ1n) is 34.7. The Kier molecular flexibility index (Phi) is 55.9. The van der Waals surface area contributed by atoms with Crippen molar-refractivity contribution in [3.05, 3.63) is 72.9 Å². The molecule has 0 aromatic heterocycles. The third kappa shape index (κ3) is 46.9. The minimum Gasteiger partial charge on any atom is -0.454 e. The first-order valence-corrected chi connectivity index (χ1v) is 34.7. The molecule has 1 saturated heterocycles. The topological polar surface area (TPSA) is 175 Å². The standard InChI is InChI=1S/C72H129NO10/c1-4-7-10-13-16-19-22-24-26-28-30-31-32-33-34-36-37-39-41-44-47-50-53-56-59-65(76)71(80)73-63(64(75)58-55-52-49-46-43-21-18-15-12-9-6-3)62-81-72-70(69(79)68(78)66(61-74)82-72)83-67(77)60-57-54-51-48-45-42-40-38-35-29-27-25-23-20-17-14-11-8-5-2/h8,11,17,20,25,27,35,38,42,45,55,58,63-66,68-70,72,74-76,78-79H,4-7,9-10,12-16,18-19,21-24,26,28-34,36-37,39-41,43-44,46-54,56-57,59-62H2,1-3H3,(H,73,80)/b11-8-,20-17-,27-25-,38-35-,45-42-,58-55+. The van der Waals surface area contributed by atoms with E-state index in [4.69, 9.17) is 14.2 Å². The lowest BCUT2D eigenvalue weighted by Crippen LogP contribution is -2.61. The zero-order valence-electron chi connectivity index (χ0n) is 53.6. The number of unbranched alkanes of at least 4 members (excludes halogenated alkanes) is 35. The smallest absolute Gasteiger partial charge is 0.306 e. The van der Waals surface area contributed by atoms with Crippen molar-refractivity contribution in [2.45, 2.75) is 359 Å². The third-order valence-corrected chi connectivity index (χ3v) is 16.1. The highest BCUT2D eigenvalue weighted by atomic mass is 16.7. The van der Waals surface area contributed by atoms with E-state index in [-0.39, 0.29) is 13.0 Å². The summed E-state index contributed by atoms with van der Waals surface area (Å²) in [6, 6.07) is -1.03. The summed E-state index contributed by atoms with van der Waals surface area (Å²) in [6.07, 6.45) is 66.7. The van der Waals surface area contributed by atoms with E-state index >= 15 is 0 Å². The summed E-state index contributed by atoms with van der Waals surface area (Å²) < 4.78 is 17.6. The van der Waals surface area contributed by atoms with Gasteiger partial charge in [0.25, 0.3) is 0 Å². The Labute approximate surface area is 509 Å². The largest absolute Gasteiger partial charge is 0.454 e. The molecule has 0 spiro atoms. The molecule has 8 unspecified atom stereocenters. The highest BCUT2D eigenvalue weighted by molar-refractivity contribution is 5.80.